The molecule has 0 saturated carbocycles. The summed E-state index contributed by atoms with van der Waals surface area (Å²) in [5.41, 5.74) is 4.96. The van der Waals surface area contributed by atoms with Crippen LogP contribution in [0.15, 0.2) is 76.3 Å². The Balaban J connectivity index is 1.66. The van der Waals surface area contributed by atoms with Gasteiger partial charge in [0.1, 0.15) is 0 Å². The third-order valence-electron chi connectivity index (χ3n) is 5.38. The molecule has 2 aromatic heterocycles. The molecule has 0 amide bonds. The maximum atomic E-state index is 6.10. The SMILES string of the molecule is CC1=C(c2nc(-c3cccs3)no2)C(c2ccc(C)cc2)NC(=S)N1c1ccc(Cl)cc1. The summed E-state index contributed by atoms with van der Waals surface area (Å²) >= 11 is 13.5. The summed E-state index contributed by atoms with van der Waals surface area (Å²) < 4.78 is 5.77. The Morgan fingerprint density at radius 1 is 1.06 bits per heavy atom. The summed E-state index contributed by atoms with van der Waals surface area (Å²) in [6.45, 7) is 4.09. The Bertz CT molecular complexity index is 1290. The first-order valence-corrected chi connectivity index (χ1v) is 11.7. The van der Waals surface area contributed by atoms with Crippen molar-refractivity contribution in [3.8, 4) is 10.7 Å². The van der Waals surface area contributed by atoms with Gasteiger partial charge < -0.3 is 9.84 Å². The molecule has 0 spiro atoms. The number of allylic oxidation sites excluding steroid dienone is 1. The first-order valence-electron chi connectivity index (χ1n) is 10.0. The average Bonchev–Trinajstić information content (AvgIpc) is 3.47. The van der Waals surface area contributed by atoms with Gasteiger partial charge in [-0.3, -0.25) is 4.90 Å². The first kappa shape index (κ1) is 20.9. The minimum atomic E-state index is -0.219. The van der Waals surface area contributed by atoms with Crippen molar-refractivity contribution < 1.29 is 4.52 Å². The van der Waals surface area contributed by atoms with E-state index in [0.29, 0.717) is 21.9 Å². The summed E-state index contributed by atoms with van der Waals surface area (Å²) in [5, 5.41) is 11.0. The van der Waals surface area contributed by atoms with Crippen molar-refractivity contribution in [2.75, 3.05) is 4.90 Å². The molecule has 1 aliphatic heterocycles. The lowest BCUT2D eigenvalue weighted by Crippen LogP contribution is -2.46. The van der Waals surface area contributed by atoms with Crippen LogP contribution in [0.1, 0.15) is 30.0 Å². The molecule has 0 bridgehead atoms. The second-order valence-electron chi connectivity index (χ2n) is 7.50. The first-order chi connectivity index (χ1) is 15.5. The lowest BCUT2D eigenvalue weighted by molar-refractivity contribution is 0.404. The van der Waals surface area contributed by atoms with Crippen molar-refractivity contribution in [1.82, 2.24) is 15.5 Å². The van der Waals surface area contributed by atoms with Crippen LogP contribution in [0.4, 0.5) is 5.69 Å². The molecule has 1 N–H and O–H groups in total. The lowest BCUT2D eigenvalue weighted by atomic mass is 9.94. The van der Waals surface area contributed by atoms with Gasteiger partial charge in [-0.2, -0.15) is 4.98 Å². The molecule has 0 aliphatic carbocycles. The molecule has 1 aliphatic rings. The smallest absolute Gasteiger partial charge is 0.258 e. The van der Waals surface area contributed by atoms with E-state index in [9.17, 15) is 0 Å². The van der Waals surface area contributed by atoms with Gasteiger partial charge in [-0.15, -0.1) is 11.3 Å². The molecule has 160 valence electrons. The van der Waals surface area contributed by atoms with Crippen LogP contribution in [0.25, 0.3) is 16.3 Å². The minimum absolute atomic E-state index is 0.219. The number of thiophene rings is 1. The number of hydrogen-bond acceptors (Lipinski definition) is 5. The molecule has 32 heavy (non-hydrogen) atoms. The van der Waals surface area contributed by atoms with Crippen LogP contribution < -0.4 is 10.2 Å². The van der Waals surface area contributed by atoms with E-state index < -0.39 is 0 Å². The van der Waals surface area contributed by atoms with E-state index in [1.165, 1.54) is 5.56 Å². The molecule has 4 aromatic rings. The van der Waals surface area contributed by atoms with Crippen LogP contribution in [0.3, 0.4) is 0 Å². The molecule has 0 radical (unpaired) electrons. The maximum Gasteiger partial charge on any atom is 0.258 e. The number of aryl methyl sites for hydroxylation is 1. The predicted octanol–water partition coefficient (Wildman–Crippen LogP) is 6.63. The number of hydrogen-bond donors (Lipinski definition) is 1. The second kappa shape index (κ2) is 8.50. The number of anilines is 1. The zero-order valence-corrected chi connectivity index (χ0v) is 19.8. The zero-order valence-electron chi connectivity index (χ0n) is 17.4. The van der Waals surface area contributed by atoms with E-state index >= 15 is 0 Å². The van der Waals surface area contributed by atoms with E-state index in [4.69, 9.17) is 33.3 Å². The van der Waals surface area contributed by atoms with Gasteiger partial charge >= 0.3 is 0 Å². The fourth-order valence-corrected chi connectivity index (χ4v) is 4.90. The van der Waals surface area contributed by atoms with E-state index in [1.807, 2.05) is 53.6 Å². The summed E-state index contributed by atoms with van der Waals surface area (Å²) in [7, 11) is 0. The van der Waals surface area contributed by atoms with Crippen LogP contribution in [0.5, 0.6) is 0 Å². The number of halogens is 1. The van der Waals surface area contributed by atoms with Crippen molar-refractivity contribution in [2.45, 2.75) is 19.9 Å². The second-order valence-corrected chi connectivity index (χ2v) is 9.28. The van der Waals surface area contributed by atoms with Crippen LogP contribution in [0, 0.1) is 6.92 Å². The summed E-state index contributed by atoms with van der Waals surface area (Å²) in [5.74, 6) is 1.04. The number of thiocarbonyl (C=S) groups is 1. The molecule has 0 fully saturated rings. The van der Waals surface area contributed by atoms with Crippen LogP contribution >= 0.6 is 35.2 Å². The van der Waals surface area contributed by atoms with Gasteiger partial charge in [-0.1, -0.05) is 52.7 Å². The topological polar surface area (TPSA) is 54.2 Å². The zero-order chi connectivity index (χ0) is 22.2. The predicted molar refractivity (Wildman–Crippen MR) is 134 cm³/mol. The number of benzene rings is 2. The normalized spacial score (nSPS) is 16.4. The minimum Gasteiger partial charge on any atom is -0.351 e. The fraction of sp³-hybridized carbons (Fsp3) is 0.125. The maximum absolute atomic E-state index is 6.10. The van der Waals surface area contributed by atoms with Gasteiger partial charge in [0.05, 0.1) is 16.5 Å². The Labute approximate surface area is 200 Å². The number of rotatable bonds is 4. The monoisotopic (exact) mass is 478 g/mol. The molecule has 2 aromatic carbocycles. The van der Waals surface area contributed by atoms with Crippen LogP contribution in [-0.2, 0) is 0 Å². The standard InChI is InChI=1S/C24H19ClN4OS2/c1-14-5-7-16(8-6-14)21-20(23-27-22(28-30-23)19-4-3-13-32-19)15(2)29(24(31)26-21)18-11-9-17(25)10-12-18/h3-13,21H,1-2H3,(H,26,31). The third kappa shape index (κ3) is 3.83. The summed E-state index contributed by atoms with van der Waals surface area (Å²) in [6.07, 6.45) is 0. The molecular formula is C24H19ClN4OS2. The average molecular weight is 479 g/mol. The Hall–Kier alpha value is -3.00. The Morgan fingerprint density at radius 3 is 2.50 bits per heavy atom. The molecule has 5 nitrogen and oxygen atoms in total. The highest BCUT2D eigenvalue weighted by Gasteiger charge is 2.34. The van der Waals surface area contributed by atoms with E-state index in [-0.39, 0.29) is 6.04 Å². The van der Waals surface area contributed by atoms with Gasteiger partial charge in [0, 0.05) is 16.4 Å². The Morgan fingerprint density at radius 2 is 1.81 bits per heavy atom. The molecular weight excluding hydrogens is 460 g/mol. The van der Waals surface area contributed by atoms with Gasteiger partial charge in [0.25, 0.3) is 5.89 Å². The largest absolute Gasteiger partial charge is 0.351 e. The van der Waals surface area contributed by atoms with Crippen molar-refractivity contribution in [3.63, 3.8) is 0 Å². The third-order valence-corrected chi connectivity index (χ3v) is 6.80. The number of aromatic nitrogens is 2. The van der Waals surface area contributed by atoms with Gasteiger partial charge in [0.15, 0.2) is 5.11 Å². The lowest BCUT2D eigenvalue weighted by Gasteiger charge is -2.37. The highest BCUT2D eigenvalue weighted by atomic mass is 35.5. The molecule has 3 heterocycles. The van der Waals surface area contributed by atoms with Crippen LogP contribution in [-0.4, -0.2) is 15.3 Å². The Kier molecular flexibility index (Phi) is 5.55. The van der Waals surface area contributed by atoms with E-state index in [0.717, 1.165) is 27.4 Å². The van der Waals surface area contributed by atoms with Crippen molar-refractivity contribution in [1.29, 1.82) is 0 Å². The summed E-state index contributed by atoms with van der Waals surface area (Å²) in [6, 6.07) is 19.7. The molecule has 0 saturated heterocycles. The molecule has 5 rings (SSSR count). The highest BCUT2D eigenvalue weighted by Crippen LogP contribution is 2.39. The quantitative estimate of drug-likeness (QED) is 0.332. The number of nitrogens with one attached hydrogen (secondary N) is 1. The van der Waals surface area contributed by atoms with Crippen molar-refractivity contribution in [2.24, 2.45) is 0 Å². The van der Waals surface area contributed by atoms with Crippen molar-refractivity contribution >= 4 is 51.5 Å². The van der Waals surface area contributed by atoms with E-state index in [1.54, 1.807) is 11.3 Å². The van der Waals surface area contributed by atoms with Gasteiger partial charge in [0.2, 0.25) is 5.82 Å². The number of nitrogens with zero attached hydrogens (tertiary/aromatic N) is 3. The van der Waals surface area contributed by atoms with Crippen molar-refractivity contribution in [3.05, 3.63) is 93.8 Å². The van der Waals surface area contributed by atoms with Crippen LogP contribution in [0.2, 0.25) is 5.02 Å². The fourth-order valence-electron chi connectivity index (χ4n) is 3.77. The van der Waals surface area contributed by atoms with Gasteiger partial charge in [-0.25, -0.2) is 0 Å². The highest BCUT2D eigenvalue weighted by molar-refractivity contribution is 7.80. The van der Waals surface area contributed by atoms with E-state index in [2.05, 4.69) is 41.7 Å². The molecule has 1 unspecified atom stereocenters. The molecule has 1 atom stereocenters. The summed E-state index contributed by atoms with van der Waals surface area (Å²) in [4.78, 5) is 7.66. The molecule has 8 heteroatoms. The van der Waals surface area contributed by atoms with Gasteiger partial charge in [-0.05, 0) is 67.3 Å².